The van der Waals surface area contributed by atoms with Crippen LogP contribution in [0.15, 0.2) is 47.1 Å². The fourth-order valence-electron chi connectivity index (χ4n) is 4.24. The van der Waals surface area contributed by atoms with Crippen LogP contribution in [0.2, 0.25) is 0 Å². The molecule has 0 heteroatoms. The summed E-state index contributed by atoms with van der Waals surface area (Å²) in [5.74, 6) is 0.672. The van der Waals surface area contributed by atoms with Crippen LogP contribution in [0.4, 0.5) is 0 Å². The van der Waals surface area contributed by atoms with E-state index in [9.17, 15) is 0 Å². The van der Waals surface area contributed by atoms with Crippen molar-refractivity contribution in [1.29, 1.82) is 0 Å². The molecular weight excluding hydrogens is 276 g/mol. The lowest BCUT2D eigenvalue weighted by atomic mass is 9.84. The van der Waals surface area contributed by atoms with Crippen molar-refractivity contribution in [1.82, 2.24) is 0 Å². The molecule has 0 saturated heterocycles. The van der Waals surface area contributed by atoms with E-state index in [1.54, 1.807) is 22.3 Å². The zero-order valence-electron chi connectivity index (χ0n) is 15.6. The van der Waals surface area contributed by atoms with Gasteiger partial charge in [-0.15, -0.1) is 0 Å². The van der Waals surface area contributed by atoms with Gasteiger partial charge in [-0.25, -0.2) is 0 Å². The molecule has 0 saturated carbocycles. The van der Waals surface area contributed by atoms with Crippen LogP contribution >= 0.6 is 0 Å². The van der Waals surface area contributed by atoms with Crippen molar-refractivity contribution in [2.24, 2.45) is 5.92 Å². The second-order valence-corrected chi connectivity index (χ2v) is 6.85. The summed E-state index contributed by atoms with van der Waals surface area (Å²) in [7, 11) is 0. The van der Waals surface area contributed by atoms with Crippen LogP contribution in [0.25, 0.3) is 5.57 Å². The van der Waals surface area contributed by atoms with E-state index in [0.717, 1.165) is 0 Å². The minimum atomic E-state index is 0.672. The molecule has 0 nitrogen and oxygen atoms in total. The van der Waals surface area contributed by atoms with E-state index in [1.165, 1.54) is 56.9 Å². The molecule has 1 aliphatic carbocycles. The number of rotatable bonds is 9. The Morgan fingerprint density at radius 2 is 1.30 bits per heavy atom. The van der Waals surface area contributed by atoms with Crippen LogP contribution in [0.5, 0.6) is 0 Å². The van der Waals surface area contributed by atoms with Crippen molar-refractivity contribution >= 4 is 5.57 Å². The van der Waals surface area contributed by atoms with Crippen molar-refractivity contribution < 1.29 is 0 Å². The minimum absolute atomic E-state index is 0.672. The number of benzene rings is 1. The maximum atomic E-state index is 2.34. The summed E-state index contributed by atoms with van der Waals surface area (Å²) >= 11 is 0. The van der Waals surface area contributed by atoms with E-state index in [-0.39, 0.29) is 0 Å². The highest BCUT2D eigenvalue weighted by atomic mass is 14.4. The average molecular weight is 311 g/mol. The standard InChI is InChI=1S/C23H34/c1-5-12-19-20(13-6-2)22(15-8-4)23(21(19)14-7-3)18-16-10-9-11-17-18/h9-11,16-17,21H,5-8,12-15H2,1-4H3. The normalized spacial score (nSPS) is 18.2. The van der Waals surface area contributed by atoms with Crippen LogP contribution in [-0.4, -0.2) is 0 Å². The number of allylic oxidation sites excluding steroid dienone is 4. The van der Waals surface area contributed by atoms with Gasteiger partial charge in [0.2, 0.25) is 0 Å². The molecule has 0 radical (unpaired) electrons. The van der Waals surface area contributed by atoms with Crippen molar-refractivity contribution in [3.05, 3.63) is 52.6 Å². The second-order valence-electron chi connectivity index (χ2n) is 6.85. The highest BCUT2D eigenvalue weighted by Crippen LogP contribution is 2.49. The van der Waals surface area contributed by atoms with Crippen LogP contribution in [0, 0.1) is 5.92 Å². The molecular formula is C23H34. The van der Waals surface area contributed by atoms with Crippen LogP contribution in [-0.2, 0) is 0 Å². The first kappa shape index (κ1) is 18.0. The van der Waals surface area contributed by atoms with Gasteiger partial charge in [0, 0.05) is 5.92 Å². The molecule has 0 N–H and O–H groups in total. The lowest BCUT2D eigenvalue weighted by Crippen LogP contribution is -2.04. The van der Waals surface area contributed by atoms with Gasteiger partial charge in [-0.3, -0.25) is 0 Å². The summed E-state index contributed by atoms with van der Waals surface area (Å²) in [5, 5.41) is 0. The van der Waals surface area contributed by atoms with Crippen molar-refractivity contribution in [2.75, 3.05) is 0 Å². The van der Waals surface area contributed by atoms with Crippen molar-refractivity contribution in [3.8, 4) is 0 Å². The van der Waals surface area contributed by atoms with Crippen LogP contribution in [0.1, 0.15) is 84.6 Å². The van der Waals surface area contributed by atoms with E-state index >= 15 is 0 Å². The molecule has 0 amide bonds. The largest absolute Gasteiger partial charge is 0.0653 e. The predicted octanol–water partition coefficient (Wildman–Crippen LogP) is 7.57. The Morgan fingerprint density at radius 3 is 1.87 bits per heavy atom. The third-order valence-corrected chi connectivity index (χ3v) is 5.03. The summed E-state index contributed by atoms with van der Waals surface area (Å²) < 4.78 is 0. The molecule has 0 heterocycles. The first-order valence-corrected chi connectivity index (χ1v) is 9.79. The van der Waals surface area contributed by atoms with E-state index in [4.69, 9.17) is 0 Å². The molecule has 1 aromatic rings. The van der Waals surface area contributed by atoms with Gasteiger partial charge in [0.05, 0.1) is 0 Å². The number of hydrogen-bond acceptors (Lipinski definition) is 0. The molecule has 126 valence electrons. The molecule has 0 spiro atoms. The Balaban J connectivity index is 2.56. The van der Waals surface area contributed by atoms with E-state index in [0.29, 0.717) is 5.92 Å². The van der Waals surface area contributed by atoms with Crippen LogP contribution in [0.3, 0.4) is 0 Å². The summed E-state index contributed by atoms with van der Waals surface area (Å²) in [6, 6.07) is 11.2. The molecule has 0 aliphatic heterocycles. The first-order valence-electron chi connectivity index (χ1n) is 9.79. The maximum Gasteiger partial charge on any atom is 0.00627 e. The molecule has 0 aromatic heterocycles. The fourth-order valence-corrected chi connectivity index (χ4v) is 4.24. The molecule has 1 unspecified atom stereocenters. The maximum absolute atomic E-state index is 2.34. The Labute approximate surface area is 143 Å². The van der Waals surface area contributed by atoms with Gasteiger partial charge in [0.1, 0.15) is 0 Å². The molecule has 1 aromatic carbocycles. The molecule has 23 heavy (non-hydrogen) atoms. The van der Waals surface area contributed by atoms with Crippen molar-refractivity contribution in [3.63, 3.8) is 0 Å². The lowest BCUT2D eigenvalue weighted by Gasteiger charge is -2.20. The van der Waals surface area contributed by atoms with Gasteiger partial charge >= 0.3 is 0 Å². The zero-order valence-corrected chi connectivity index (χ0v) is 15.6. The van der Waals surface area contributed by atoms with Gasteiger partial charge < -0.3 is 0 Å². The quantitative estimate of drug-likeness (QED) is 0.441. The van der Waals surface area contributed by atoms with E-state index in [2.05, 4.69) is 58.0 Å². The van der Waals surface area contributed by atoms with Gasteiger partial charge in [0.15, 0.2) is 0 Å². The summed E-state index contributed by atoms with van der Waals surface area (Å²) in [6.07, 6.45) is 10.1. The molecule has 1 aliphatic rings. The van der Waals surface area contributed by atoms with Crippen LogP contribution < -0.4 is 0 Å². The lowest BCUT2D eigenvalue weighted by molar-refractivity contribution is 0.641. The summed E-state index contributed by atoms with van der Waals surface area (Å²) in [4.78, 5) is 0. The Hall–Kier alpha value is -1.30. The Bertz CT molecular complexity index is 545. The van der Waals surface area contributed by atoms with Gasteiger partial charge in [-0.05, 0) is 48.0 Å². The molecule has 1 atom stereocenters. The molecule has 2 rings (SSSR count). The zero-order chi connectivity index (χ0) is 16.7. The fraction of sp³-hybridized carbons (Fsp3) is 0.565. The third-order valence-electron chi connectivity index (χ3n) is 5.03. The monoisotopic (exact) mass is 310 g/mol. The highest BCUT2D eigenvalue weighted by Gasteiger charge is 2.32. The van der Waals surface area contributed by atoms with E-state index < -0.39 is 0 Å². The smallest absolute Gasteiger partial charge is 0.00627 e. The second kappa shape index (κ2) is 9.11. The predicted molar refractivity (Wildman–Crippen MR) is 104 cm³/mol. The topological polar surface area (TPSA) is 0 Å². The van der Waals surface area contributed by atoms with Gasteiger partial charge in [-0.2, -0.15) is 0 Å². The number of hydrogen-bond donors (Lipinski definition) is 0. The minimum Gasteiger partial charge on any atom is -0.0653 e. The first-order chi connectivity index (χ1) is 11.3. The van der Waals surface area contributed by atoms with Gasteiger partial charge in [-0.1, -0.05) is 89.3 Å². The van der Waals surface area contributed by atoms with Crippen molar-refractivity contribution in [2.45, 2.75) is 79.1 Å². The summed E-state index contributed by atoms with van der Waals surface area (Å²) in [6.45, 7) is 9.32. The summed E-state index contributed by atoms with van der Waals surface area (Å²) in [5.41, 5.74) is 8.34. The Kier molecular flexibility index (Phi) is 7.15. The average Bonchev–Trinajstić information content (AvgIpc) is 2.84. The molecule has 0 fully saturated rings. The third kappa shape index (κ3) is 3.97. The van der Waals surface area contributed by atoms with Gasteiger partial charge in [0.25, 0.3) is 0 Å². The van der Waals surface area contributed by atoms with E-state index in [1.807, 2.05) is 0 Å². The SMILES string of the molecule is CCCC1=C(CCC)C(CCC)C(c2ccccc2)=C1CCC. The Morgan fingerprint density at radius 1 is 0.696 bits per heavy atom. The molecule has 0 bridgehead atoms. The highest BCUT2D eigenvalue weighted by molar-refractivity contribution is 5.80.